The third-order valence-corrected chi connectivity index (χ3v) is 3.77. The first-order chi connectivity index (χ1) is 10.9. The van der Waals surface area contributed by atoms with E-state index in [1.807, 2.05) is 55.8 Å². The van der Waals surface area contributed by atoms with E-state index in [1.54, 1.807) is 7.11 Å². The van der Waals surface area contributed by atoms with Crippen molar-refractivity contribution in [2.45, 2.75) is 45.1 Å². The summed E-state index contributed by atoms with van der Waals surface area (Å²) >= 11 is 0. The highest BCUT2D eigenvalue weighted by molar-refractivity contribution is 5.93. The predicted octanol–water partition coefficient (Wildman–Crippen LogP) is 3.29. The molecule has 1 fully saturated rings. The van der Waals surface area contributed by atoms with Gasteiger partial charge in [-0.25, -0.2) is 4.68 Å². The molecule has 1 aromatic heterocycles. The van der Waals surface area contributed by atoms with Gasteiger partial charge in [0.05, 0.1) is 12.8 Å². The molecule has 0 saturated heterocycles. The molecule has 122 valence electrons. The zero-order valence-corrected chi connectivity index (χ0v) is 14.1. The number of nitrogens with one attached hydrogen (secondary N) is 1. The second kappa shape index (κ2) is 5.72. The van der Waals surface area contributed by atoms with E-state index in [4.69, 9.17) is 4.74 Å². The van der Waals surface area contributed by atoms with Gasteiger partial charge in [-0.2, -0.15) is 5.10 Å². The standard InChI is InChI=1S/C18H23N3O2/c1-18(2,3)19-17(22)15-11-16(12-5-6-12)21(20-15)13-7-9-14(23-4)10-8-13/h7-12H,5-6H2,1-4H3,(H,19,22). The third-order valence-electron chi connectivity index (χ3n) is 3.77. The van der Waals surface area contributed by atoms with Crippen molar-refractivity contribution < 1.29 is 9.53 Å². The van der Waals surface area contributed by atoms with Crippen LogP contribution in [0, 0.1) is 0 Å². The molecule has 5 nitrogen and oxygen atoms in total. The van der Waals surface area contributed by atoms with E-state index < -0.39 is 0 Å². The Balaban J connectivity index is 1.94. The van der Waals surface area contributed by atoms with Crippen molar-refractivity contribution in [2.24, 2.45) is 0 Å². The number of carbonyl (C=O) groups is 1. The SMILES string of the molecule is COc1ccc(-n2nc(C(=O)NC(C)(C)C)cc2C2CC2)cc1. The maximum atomic E-state index is 12.4. The average Bonchev–Trinajstić information content (AvgIpc) is 3.24. The largest absolute Gasteiger partial charge is 0.497 e. The lowest BCUT2D eigenvalue weighted by molar-refractivity contribution is 0.0914. The van der Waals surface area contributed by atoms with E-state index in [0.29, 0.717) is 11.6 Å². The maximum Gasteiger partial charge on any atom is 0.272 e. The van der Waals surface area contributed by atoms with Crippen LogP contribution in [-0.2, 0) is 0 Å². The topological polar surface area (TPSA) is 56.2 Å². The van der Waals surface area contributed by atoms with Gasteiger partial charge in [-0.1, -0.05) is 0 Å². The van der Waals surface area contributed by atoms with Gasteiger partial charge in [-0.15, -0.1) is 0 Å². The molecular formula is C18H23N3O2. The minimum Gasteiger partial charge on any atom is -0.497 e. The summed E-state index contributed by atoms with van der Waals surface area (Å²) in [5, 5.41) is 7.52. The summed E-state index contributed by atoms with van der Waals surface area (Å²) in [5.74, 6) is 1.17. The molecule has 1 aliphatic carbocycles. The van der Waals surface area contributed by atoms with E-state index in [2.05, 4.69) is 10.4 Å². The van der Waals surface area contributed by atoms with Gasteiger partial charge in [-0.3, -0.25) is 4.79 Å². The van der Waals surface area contributed by atoms with Crippen molar-refractivity contribution in [1.29, 1.82) is 0 Å². The molecule has 3 rings (SSSR count). The fourth-order valence-corrected chi connectivity index (χ4v) is 2.51. The van der Waals surface area contributed by atoms with Crippen LogP contribution in [0.3, 0.4) is 0 Å². The molecule has 1 heterocycles. The molecule has 0 aliphatic heterocycles. The van der Waals surface area contributed by atoms with Gasteiger partial charge in [-0.05, 0) is 63.9 Å². The van der Waals surface area contributed by atoms with Crippen molar-refractivity contribution in [3.05, 3.63) is 41.7 Å². The number of rotatable bonds is 4. The average molecular weight is 313 g/mol. The summed E-state index contributed by atoms with van der Waals surface area (Å²) in [5.41, 5.74) is 2.25. The first-order valence-electron chi connectivity index (χ1n) is 7.94. The van der Waals surface area contributed by atoms with Crippen molar-refractivity contribution in [2.75, 3.05) is 7.11 Å². The normalized spacial score (nSPS) is 14.6. The summed E-state index contributed by atoms with van der Waals surface area (Å²) < 4.78 is 7.08. The van der Waals surface area contributed by atoms with E-state index in [1.165, 1.54) is 0 Å². The molecule has 1 amide bonds. The van der Waals surface area contributed by atoms with Crippen LogP contribution in [0.4, 0.5) is 0 Å². The highest BCUT2D eigenvalue weighted by Gasteiger charge is 2.30. The predicted molar refractivity (Wildman–Crippen MR) is 89.3 cm³/mol. The van der Waals surface area contributed by atoms with Crippen molar-refractivity contribution in [3.8, 4) is 11.4 Å². The molecule has 0 bridgehead atoms. The molecule has 1 saturated carbocycles. The molecule has 23 heavy (non-hydrogen) atoms. The van der Waals surface area contributed by atoms with E-state index >= 15 is 0 Å². The Morgan fingerprint density at radius 1 is 1.26 bits per heavy atom. The molecule has 0 radical (unpaired) electrons. The Morgan fingerprint density at radius 3 is 2.43 bits per heavy atom. The number of aromatic nitrogens is 2. The molecular weight excluding hydrogens is 290 g/mol. The fourth-order valence-electron chi connectivity index (χ4n) is 2.51. The number of benzene rings is 1. The summed E-state index contributed by atoms with van der Waals surface area (Å²) in [6.07, 6.45) is 2.31. The second-order valence-corrected chi connectivity index (χ2v) is 7.04. The molecule has 2 aromatic rings. The lowest BCUT2D eigenvalue weighted by Gasteiger charge is -2.19. The summed E-state index contributed by atoms with van der Waals surface area (Å²) in [6, 6.07) is 9.65. The number of hydrogen-bond acceptors (Lipinski definition) is 3. The molecule has 1 aliphatic rings. The van der Waals surface area contributed by atoms with Crippen LogP contribution in [0.15, 0.2) is 30.3 Å². The van der Waals surface area contributed by atoms with Crippen LogP contribution in [0.25, 0.3) is 5.69 Å². The quantitative estimate of drug-likeness (QED) is 0.942. The van der Waals surface area contributed by atoms with Crippen molar-refractivity contribution >= 4 is 5.91 Å². The Kier molecular flexibility index (Phi) is 3.88. The molecule has 1 aromatic carbocycles. The van der Waals surface area contributed by atoms with Gasteiger partial charge in [0.25, 0.3) is 5.91 Å². The Hall–Kier alpha value is -2.30. The first-order valence-corrected chi connectivity index (χ1v) is 7.94. The van der Waals surface area contributed by atoms with Crippen LogP contribution in [-0.4, -0.2) is 28.3 Å². The Morgan fingerprint density at radius 2 is 1.91 bits per heavy atom. The lowest BCUT2D eigenvalue weighted by atomic mass is 10.1. The smallest absolute Gasteiger partial charge is 0.272 e. The maximum absolute atomic E-state index is 12.4. The van der Waals surface area contributed by atoms with Gasteiger partial charge in [0.15, 0.2) is 5.69 Å². The van der Waals surface area contributed by atoms with Crippen LogP contribution >= 0.6 is 0 Å². The number of nitrogens with zero attached hydrogens (tertiary/aromatic N) is 2. The molecule has 0 unspecified atom stereocenters. The zero-order chi connectivity index (χ0) is 16.6. The van der Waals surface area contributed by atoms with Gasteiger partial charge in [0.2, 0.25) is 0 Å². The third kappa shape index (κ3) is 3.55. The van der Waals surface area contributed by atoms with Crippen molar-refractivity contribution in [3.63, 3.8) is 0 Å². The molecule has 0 spiro atoms. The Bertz CT molecular complexity index is 707. The number of hydrogen-bond donors (Lipinski definition) is 1. The summed E-state index contributed by atoms with van der Waals surface area (Å²) in [6.45, 7) is 5.90. The van der Waals surface area contributed by atoms with Crippen LogP contribution in [0.5, 0.6) is 5.75 Å². The lowest BCUT2D eigenvalue weighted by Crippen LogP contribution is -2.40. The van der Waals surface area contributed by atoms with Gasteiger partial charge in [0, 0.05) is 17.2 Å². The van der Waals surface area contributed by atoms with Crippen LogP contribution in [0.2, 0.25) is 0 Å². The van der Waals surface area contributed by atoms with Gasteiger partial charge < -0.3 is 10.1 Å². The van der Waals surface area contributed by atoms with Crippen LogP contribution in [0.1, 0.15) is 55.7 Å². The molecule has 0 atom stereocenters. The highest BCUT2D eigenvalue weighted by Crippen LogP contribution is 2.41. The number of carbonyl (C=O) groups excluding carboxylic acids is 1. The minimum atomic E-state index is -0.277. The summed E-state index contributed by atoms with van der Waals surface area (Å²) in [4.78, 5) is 12.4. The number of methoxy groups -OCH3 is 1. The zero-order valence-electron chi connectivity index (χ0n) is 14.1. The van der Waals surface area contributed by atoms with Gasteiger partial charge >= 0.3 is 0 Å². The van der Waals surface area contributed by atoms with Crippen LogP contribution < -0.4 is 10.1 Å². The van der Waals surface area contributed by atoms with E-state index in [9.17, 15) is 4.79 Å². The van der Waals surface area contributed by atoms with Gasteiger partial charge in [0.1, 0.15) is 5.75 Å². The molecule has 1 N–H and O–H groups in total. The second-order valence-electron chi connectivity index (χ2n) is 7.04. The molecule has 5 heteroatoms. The highest BCUT2D eigenvalue weighted by atomic mass is 16.5. The number of amides is 1. The van der Waals surface area contributed by atoms with Crippen molar-refractivity contribution in [1.82, 2.24) is 15.1 Å². The fraction of sp³-hybridized carbons (Fsp3) is 0.444. The minimum absolute atomic E-state index is 0.133. The Labute approximate surface area is 136 Å². The first kappa shape index (κ1) is 15.6. The summed E-state index contributed by atoms with van der Waals surface area (Å²) in [7, 11) is 1.65. The monoisotopic (exact) mass is 313 g/mol. The van der Waals surface area contributed by atoms with E-state index in [0.717, 1.165) is 30.0 Å². The van der Waals surface area contributed by atoms with E-state index in [-0.39, 0.29) is 11.4 Å². The number of ether oxygens (including phenoxy) is 1.